The smallest absolute Gasteiger partial charge is 0.304 e. The molecule has 0 aliphatic heterocycles. The van der Waals surface area contributed by atoms with Crippen LogP contribution in [0.4, 0.5) is 26.3 Å². The van der Waals surface area contributed by atoms with Gasteiger partial charge in [0.05, 0.1) is 17.2 Å². The van der Waals surface area contributed by atoms with Gasteiger partial charge in [0, 0.05) is 18.1 Å². The molecule has 0 aromatic heterocycles. The molecule has 1 aliphatic rings. The Hall–Kier alpha value is -2.69. The quantitative estimate of drug-likeness (QED) is 0.688. The lowest BCUT2D eigenvalue weighted by Crippen LogP contribution is -2.21. The Morgan fingerprint density at radius 1 is 1.20 bits per heavy atom. The normalized spacial score (nSPS) is 18.1. The summed E-state index contributed by atoms with van der Waals surface area (Å²) < 4.78 is 86.4. The zero-order chi connectivity index (χ0) is 18.4. The Morgan fingerprint density at radius 3 is 2.56 bits per heavy atom. The Labute approximate surface area is 138 Å². The van der Waals surface area contributed by atoms with Gasteiger partial charge in [-0.3, -0.25) is 0 Å². The Morgan fingerprint density at radius 2 is 1.92 bits per heavy atom. The van der Waals surface area contributed by atoms with E-state index in [4.69, 9.17) is 10.00 Å². The molecule has 2 aromatic rings. The van der Waals surface area contributed by atoms with E-state index in [9.17, 15) is 26.3 Å². The number of benzene rings is 2. The van der Waals surface area contributed by atoms with Crippen molar-refractivity contribution in [2.24, 2.45) is 0 Å². The molecule has 0 spiro atoms. The molecule has 2 aromatic carbocycles. The van der Waals surface area contributed by atoms with Gasteiger partial charge in [0.2, 0.25) is 0 Å². The topological polar surface area (TPSA) is 33.0 Å². The van der Waals surface area contributed by atoms with Crippen molar-refractivity contribution in [3.05, 3.63) is 58.4 Å². The van der Waals surface area contributed by atoms with E-state index in [0.717, 1.165) is 30.3 Å². The molecule has 0 amide bonds. The molecule has 0 saturated carbocycles. The molecule has 3 rings (SSSR count). The van der Waals surface area contributed by atoms with Crippen molar-refractivity contribution in [1.82, 2.24) is 0 Å². The van der Waals surface area contributed by atoms with Crippen LogP contribution in [-0.4, -0.2) is 6.17 Å². The number of halogens is 6. The second-order valence-corrected chi connectivity index (χ2v) is 5.49. The number of ether oxygens (including phenoxy) is 1. The first-order valence-electron chi connectivity index (χ1n) is 7.09. The minimum atomic E-state index is -3.86. The highest BCUT2D eigenvalue weighted by Crippen LogP contribution is 2.49. The van der Waals surface area contributed by atoms with Crippen LogP contribution in [0.25, 0.3) is 0 Å². The number of fused-ring (bicyclic) bond motifs is 1. The molecule has 0 fully saturated rings. The summed E-state index contributed by atoms with van der Waals surface area (Å²) in [4.78, 5) is 0. The fraction of sp³-hybridized carbons (Fsp3) is 0.235. The third-order valence-corrected chi connectivity index (χ3v) is 3.90. The van der Waals surface area contributed by atoms with Crippen LogP contribution in [0.2, 0.25) is 0 Å². The van der Waals surface area contributed by atoms with E-state index in [1.807, 2.05) is 0 Å². The highest BCUT2D eigenvalue weighted by atomic mass is 19.3. The molecule has 2 nitrogen and oxygen atoms in total. The first-order chi connectivity index (χ1) is 11.7. The molecule has 1 atom stereocenters. The average Bonchev–Trinajstić information content (AvgIpc) is 2.75. The molecular formula is C17H9F6NO. The van der Waals surface area contributed by atoms with Gasteiger partial charge in [-0.1, -0.05) is 0 Å². The van der Waals surface area contributed by atoms with Gasteiger partial charge in [0.1, 0.15) is 17.3 Å². The number of alkyl halides is 5. The molecule has 8 heteroatoms. The highest BCUT2D eigenvalue weighted by Gasteiger charge is 2.51. The van der Waals surface area contributed by atoms with E-state index in [-0.39, 0.29) is 11.3 Å². The standard InChI is InChI=1S/C17H9F6NO/c18-9-3-8(7-24)4-10(5-9)25-13-2-1-12-11(15(13)16(20)21)6-14(19)17(12,22)23/h1-5,14,16H,6H2. The fourth-order valence-corrected chi connectivity index (χ4v) is 2.79. The molecule has 0 heterocycles. The summed E-state index contributed by atoms with van der Waals surface area (Å²) >= 11 is 0. The lowest BCUT2D eigenvalue weighted by molar-refractivity contribution is -0.0656. The molecule has 0 bridgehead atoms. The van der Waals surface area contributed by atoms with Crippen molar-refractivity contribution in [3.63, 3.8) is 0 Å². The Kier molecular flexibility index (Phi) is 4.11. The fourth-order valence-electron chi connectivity index (χ4n) is 2.79. The van der Waals surface area contributed by atoms with Gasteiger partial charge in [0.25, 0.3) is 6.43 Å². The van der Waals surface area contributed by atoms with Crippen LogP contribution in [0.5, 0.6) is 11.5 Å². The summed E-state index contributed by atoms with van der Waals surface area (Å²) in [6.45, 7) is 0. The van der Waals surface area contributed by atoms with Crippen molar-refractivity contribution < 1.29 is 31.1 Å². The molecule has 130 valence electrons. The van der Waals surface area contributed by atoms with Crippen LogP contribution >= 0.6 is 0 Å². The van der Waals surface area contributed by atoms with E-state index >= 15 is 0 Å². The second kappa shape index (κ2) is 5.99. The van der Waals surface area contributed by atoms with Crippen LogP contribution in [-0.2, 0) is 12.3 Å². The summed E-state index contributed by atoms with van der Waals surface area (Å²) in [6.07, 6.45) is -6.67. The summed E-state index contributed by atoms with van der Waals surface area (Å²) in [5.74, 6) is -5.43. The maximum absolute atomic E-state index is 13.7. The first-order valence-corrected chi connectivity index (χ1v) is 7.09. The molecule has 1 aliphatic carbocycles. The largest absolute Gasteiger partial charge is 0.457 e. The third-order valence-electron chi connectivity index (χ3n) is 3.90. The van der Waals surface area contributed by atoms with Gasteiger partial charge in [-0.15, -0.1) is 0 Å². The molecule has 0 radical (unpaired) electrons. The number of rotatable bonds is 3. The summed E-state index contributed by atoms with van der Waals surface area (Å²) in [5.41, 5.74) is -2.29. The van der Waals surface area contributed by atoms with Crippen LogP contribution < -0.4 is 4.74 Å². The molecule has 0 N–H and O–H groups in total. The maximum Gasteiger partial charge on any atom is 0.304 e. The van der Waals surface area contributed by atoms with Gasteiger partial charge in [0.15, 0.2) is 6.17 Å². The van der Waals surface area contributed by atoms with Gasteiger partial charge < -0.3 is 4.74 Å². The van der Waals surface area contributed by atoms with Crippen molar-refractivity contribution >= 4 is 0 Å². The maximum atomic E-state index is 13.7. The minimum absolute atomic E-state index is 0.106. The monoisotopic (exact) mass is 357 g/mol. The van der Waals surface area contributed by atoms with E-state index in [1.54, 1.807) is 6.07 Å². The Balaban J connectivity index is 2.09. The van der Waals surface area contributed by atoms with Crippen molar-refractivity contribution in [3.8, 4) is 17.6 Å². The zero-order valence-corrected chi connectivity index (χ0v) is 12.4. The van der Waals surface area contributed by atoms with Crippen molar-refractivity contribution in [2.75, 3.05) is 0 Å². The number of hydrogen-bond donors (Lipinski definition) is 0. The van der Waals surface area contributed by atoms with E-state index in [0.29, 0.717) is 0 Å². The number of hydrogen-bond acceptors (Lipinski definition) is 2. The molecular weight excluding hydrogens is 348 g/mol. The molecule has 25 heavy (non-hydrogen) atoms. The summed E-state index contributed by atoms with van der Waals surface area (Å²) in [5, 5.41) is 8.79. The predicted octanol–water partition coefficient (Wildman–Crippen LogP) is 5.41. The number of nitrogens with zero attached hydrogens (tertiary/aromatic N) is 1. The first kappa shape index (κ1) is 17.1. The molecule has 1 unspecified atom stereocenters. The Bertz CT molecular complexity index is 874. The van der Waals surface area contributed by atoms with Crippen molar-refractivity contribution in [2.45, 2.75) is 24.9 Å². The van der Waals surface area contributed by atoms with Gasteiger partial charge >= 0.3 is 5.92 Å². The number of nitriles is 1. The third kappa shape index (κ3) is 2.90. The highest BCUT2D eigenvalue weighted by molar-refractivity contribution is 5.52. The van der Waals surface area contributed by atoms with Crippen LogP contribution in [0.3, 0.4) is 0 Å². The second-order valence-electron chi connectivity index (χ2n) is 5.49. The van der Waals surface area contributed by atoms with E-state index < -0.39 is 53.2 Å². The molecule has 0 saturated heterocycles. The minimum Gasteiger partial charge on any atom is -0.457 e. The zero-order valence-electron chi connectivity index (χ0n) is 12.4. The van der Waals surface area contributed by atoms with Gasteiger partial charge in [-0.05, 0) is 29.8 Å². The van der Waals surface area contributed by atoms with Crippen LogP contribution in [0.1, 0.15) is 28.7 Å². The van der Waals surface area contributed by atoms with Crippen molar-refractivity contribution in [1.29, 1.82) is 5.26 Å². The lowest BCUT2D eigenvalue weighted by atomic mass is 10.0. The van der Waals surface area contributed by atoms with Gasteiger partial charge in [-0.2, -0.15) is 14.0 Å². The van der Waals surface area contributed by atoms with Crippen LogP contribution in [0, 0.1) is 17.1 Å². The lowest BCUT2D eigenvalue weighted by Gasteiger charge is -2.16. The SMILES string of the molecule is N#Cc1cc(F)cc(Oc2ccc3c(c2C(F)F)CC(F)C3(F)F)c1. The van der Waals surface area contributed by atoms with Gasteiger partial charge in [-0.25, -0.2) is 17.6 Å². The predicted molar refractivity (Wildman–Crippen MR) is 75.1 cm³/mol. The summed E-state index contributed by atoms with van der Waals surface area (Å²) in [6, 6.07) is 6.24. The van der Waals surface area contributed by atoms with E-state index in [1.165, 1.54) is 0 Å². The van der Waals surface area contributed by atoms with E-state index in [2.05, 4.69) is 0 Å². The average molecular weight is 357 g/mol. The van der Waals surface area contributed by atoms with Crippen LogP contribution in [0.15, 0.2) is 30.3 Å². The summed E-state index contributed by atoms with van der Waals surface area (Å²) in [7, 11) is 0.